The van der Waals surface area contributed by atoms with Gasteiger partial charge in [-0.3, -0.25) is 0 Å². The molecule has 0 bridgehead atoms. The summed E-state index contributed by atoms with van der Waals surface area (Å²) in [6.45, 7) is 1.92. The van der Waals surface area contributed by atoms with E-state index in [1.807, 2.05) is 13.0 Å². The van der Waals surface area contributed by atoms with Gasteiger partial charge in [0.15, 0.2) is 5.82 Å². The number of rotatable bonds is 3. The predicted octanol–water partition coefficient (Wildman–Crippen LogP) is 0.842. The van der Waals surface area contributed by atoms with Crippen molar-refractivity contribution in [2.24, 2.45) is 5.73 Å². The first-order valence-electron chi connectivity index (χ1n) is 5.60. The average Bonchev–Trinajstić information content (AvgIpc) is 2.80. The second-order valence-electron chi connectivity index (χ2n) is 3.90. The molecule has 0 aliphatic heterocycles. The first kappa shape index (κ1) is 12.1. The standard InChI is InChI=1S/C12H13N5O/c1-2-10(14)11-15-16-12(18)17(11)9-5-3-8(7-13)4-6-9/h3-6,10H,2,14H2,1H3,(H,16,18). The lowest BCUT2D eigenvalue weighted by molar-refractivity contribution is 0.631. The molecule has 0 saturated heterocycles. The van der Waals surface area contributed by atoms with E-state index in [-0.39, 0.29) is 11.7 Å². The number of nitrogens with one attached hydrogen (secondary N) is 1. The molecule has 3 N–H and O–H groups in total. The monoisotopic (exact) mass is 243 g/mol. The summed E-state index contributed by atoms with van der Waals surface area (Å²) in [4.78, 5) is 11.7. The molecule has 6 heteroatoms. The fraction of sp³-hybridized carbons (Fsp3) is 0.250. The summed E-state index contributed by atoms with van der Waals surface area (Å²) in [5.74, 6) is 0.493. The van der Waals surface area contributed by atoms with Gasteiger partial charge in [0.1, 0.15) is 0 Å². The van der Waals surface area contributed by atoms with Crippen LogP contribution in [0.4, 0.5) is 0 Å². The molecule has 2 aromatic rings. The molecule has 0 fully saturated rings. The lowest BCUT2D eigenvalue weighted by Gasteiger charge is -2.10. The Morgan fingerprint density at radius 2 is 2.17 bits per heavy atom. The van der Waals surface area contributed by atoms with E-state index in [1.165, 1.54) is 4.57 Å². The van der Waals surface area contributed by atoms with Crippen LogP contribution in [0.5, 0.6) is 0 Å². The van der Waals surface area contributed by atoms with Crippen LogP contribution in [-0.4, -0.2) is 14.8 Å². The van der Waals surface area contributed by atoms with Gasteiger partial charge in [-0.15, -0.1) is 0 Å². The van der Waals surface area contributed by atoms with Crippen LogP contribution < -0.4 is 11.4 Å². The van der Waals surface area contributed by atoms with Gasteiger partial charge in [-0.05, 0) is 30.7 Å². The van der Waals surface area contributed by atoms with Gasteiger partial charge in [0.05, 0.1) is 23.4 Å². The van der Waals surface area contributed by atoms with Crippen LogP contribution in [0.2, 0.25) is 0 Å². The number of nitrogens with two attached hydrogens (primary N) is 1. The number of nitrogens with zero attached hydrogens (tertiary/aromatic N) is 3. The topological polar surface area (TPSA) is 100 Å². The van der Waals surface area contributed by atoms with Crippen LogP contribution in [0, 0.1) is 11.3 Å². The number of hydrogen-bond donors (Lipinski definition) is 2. The highest BCUT2D eigenvalue weighted by Crippen LogP contribution is 2.14. The molecule has 1 aromatic carbocycles. The summed E-state index contributed by atoms with van der Waals surface area (Å²) >= 11 is 0. The van der Waals surface area contributed by atoms with E-state index in [0.29, 0.717) is 23.5 Å². The van der Waals surface area contributed by atoms with Gasteiger partial charge in [-0.25, -0.2) is 14.5 Å². The fourth-order valence-corrected chi connectivity index (χ4v) is 1.68. The third-order valence-electron chi connectivity index (χ3n) is 2.72. The van der Waals surface area contributed by atoms with Gasteiger partial charge in [0, 0.05) is 0 Å². The molecule has 1 atom stereocenters. The van der Waals surface area contributed by atoms with E-state index in [9.17, 15) is 4.79 Å². The zero-order valence-electron chi connectivity index (χ0n) is 9.92. The van der Waals surface area contributed by atoms with E-state index in [0.717, 1.165) is 0 Å². The maximum Gasteiger partial charge on any atom is 0.347 e. The van der Waals surface area contributed by atoms with Crippen molar-refractivity contribution in [3.05, 3.63) is 46.1 Å². The molecular weight excluding hydrogens is 230 g/mol. The Balaban J connectivity index is 2.53. The molecular formula is C12H13N5O. The lowest BCUT2D eigenvalue weighted by Crippen LogP contribution is -2.21. The number of hydrogen-bond acceptors (Lipinski definition) is 4. The van der Waals surface area contributed by atoms with Crippen molar-refractivity contribution in [3.8, 4) is 11.8 Å². The summed E-state index contributed by atoms with van der Waals surface area (Å²) in [5.41, 5.74) is 6.76. The maximum atomic E-state index is 11.7. The summed E-state index contributed by atoms with van der Waals surface area (Å²) in [7, 11) is 0. The summed E-state index contributed by atoms with van der Waals surface area (Å²) in [6.07, 6.45) is 0.681. The van der Waals surface area contributed by atoms with Crippen molar-refractivity contribution in [1.29, 1.82) is 5.26 Å². The van der Waals surface area contributed by atoms with Crippen LogP contribution in [0.15, 0.2) is 29.1 Å². The zero-order valence-corrected chi connectivity index (χ0v) is 9.92. The van der Waals surface area contributed by atoms with Crippen molar-refractivity contribution < 1.29 is 0 Å². The molecule has 2 rings (SSSR count). The molecule has 0 amide bonds. The van der Waals surface area contributed by atoms with Crippen molar-refractivity contribution in [2.45, 2.75) is 19.4 Å². The van der Waals surface area contributed by atoms with Gasteiger partial charge >= 0.3 is 5.69 Å². The number of H-pyrrole nitrogens is 1. The summed E-state index contributed by atoms with van der Waals surface area (Å²) < 4.78 is 1.43. The zero-order chi connectivity index (χ0) is 13.1. The molecule has 0 aliphatic rings. The number of nitriles is 1. The minimum absolute atomic E-state index is 0.306. The van der Waals surface area contributed by atoms with Crippen LogP contribution in [0.3, 0.4) is 0 Å². The normalized spacial score (nSPS) is 12.1. The Hall–Kier alpha value is -2.39. The average molecular weight is 243 g/mol. The van der Waals surface area contributed by atoms with E-state index in [4.69, 9.17) is 11.0 Å². The van der Waals surface area contributed by atoms with Gasteiger partial charge in [-0.1, -0.05) is 6.92 Å². The van der Waals surface area contributed by atoms with E-state index in [1.54, 1.807) is 24.3 Å². The first-order valence-corrected chi connectivity index (χ1v) is 5.60. The van der Waals surface area contributed by atoms with Crippen molar-refractivity contribution >= 4 is 0 Å². The Kier molecular flexibility index (Phi) is 3.26. The Labute approximate surface area is 104 Å². The van der Waals surface area contributed by atoms with Gasteiger partial charge in [0.2, 0.25) is 0 Å². The number of aromatic nitrogens is 3. The molecule has 18 heavy (non-hydrogen) atoms. The molecule has 1 aromatic heterocycles. The molecule has 0 spiro atoms. The van der Waals surface area contributed by atoms with Crippen LogP contribution >= 0.6 is 0 Å². The molecule has 1 heterocycles. The van der Waals surface area contributed by atoms with Gasteiger partial charge < -0.3 is 5.73 Å². The second kappa shape index (κ2) is 4.85. The minimum Gasteiger partial charge on any atom is -0.321 e. The predicted molar refractivity (Wildman–Crippen MR) is 66.1 cm³/mol. The smallest absolute Gasteiger partial charge is 0.321 e. The SMILES string of the molecule is CCC(N)c1n[nH]c(=O)n1-c1ccc(C#N)cc1. The Morgan fingerprint density at radius 3 is 2.72 bits per heavy atom. The molecule has 0 aliphatic carbocycles. The second-order valence-corrected chi connectivity index (χ2v) is 3.90. The van der Waals surface area contributed by atoms with Crippen molar-refractivity contribution in [2.75, 3.05) is 0 Å². The fourth-order valence-electron chi connectivity index (χ4n) is 1.68. The van der Waals surface area contributed by atoms with Crippen molar-refractivity contribution in [3.63, 3.8) is 0 Å². The third-order valence-corrected chi connectivity index (χ3v) is 2.72. The molecule has 92 valence electrons. The first-order chi connectivity index (χ1) is 8.67. The van der Waals surface area contributed by atoms with E-state index >= 15 is 0 Å². The third kappa shape index (κ3) is 2.04. The summed E-state index contributed by atoms with van der Waals surface area (Å²) in [6, 6.07) is 8.41. The quantitative estimate of drug-likeness (QED) is 0.834. The van der Waals surface area contributed by atoms with E-state index < -0.39 is 0 Å². The number of aromatic amines is 1. The Bertz CT molecular complexity index is 632. The lowest BCUT2D eigenvalue weighted by atomic mass is 10.2. The van der Waals surface area contributed by atoms with Crippen LogP contribution in [0.25, 0.3) is 5.69 Å². The molecule has 1 unspecified atom stereocenters. The van der Waals surface area contributed by atoms with Crippen molar-refractivity contribution in [1.82, 2.24) is 14.8 Å². The molecule has 0 saturated carbocycles. The van der Waals surface area contributed by atoms with E-state index in [2.05, 4.69) is 10.2 Å². The summed E-state index contributed by atoms with van der Waals surface area (Å²) in [5, 5.41) is 15.1. The largest absolute Gasteiger partial charge is 0.347 e. The minimum atomic E-state index is -0.335. The number of benzene rings is 1. The maximum absolute atomic E-state index is 11.7. The molecule has 0 radical (unpaired) electrons. The van der Waals surface area contributed by atoms with Crippen LogP contribution in [-0.2, 0) is 0 Å². The molecule has 6 nitrogen and oxygen atoms in total. The van der Waals surface area contributed by atoms with Gasteiger partial charge in [0.25, 0.3) is 0 Å². The van der Waals surface area contributed by atoms with Crippen LogP contribution in [0.1, 0.15) is 30.8 Å². The Morgan fingerprint density at radius 1 is 1.50 bits per heavy atom. The highest BCUT2D eigenvalue weighted by atomic mass is 16.1. The highest BCUT2D eigenvalue weighted by molar-refractivity contribution is 5.39. The van der Waals surface area contributed by atoms with Gasteiger partial charge in [-0.2, -0.15) is 10.4 Å². The highest BCUT2D eigenvalue weighted by Gasteiger charge is 2.15.